The fraction of sp³-hybridized carbons (Fsp3) is 0.333. The molecular formula is C21H24ClN3O6S. The minimum Gasteiger partial charge on any atom is -0.450 e. The highest BCUT2D eigenvalue weighted by Gasteiger charge is 2.50. The number of nitrogens with zero attached hydrogens (tertiary/aromatic N) is 2. The maximum Gasteiger partial charge on any atom is 0.503 e. The lowest BCUT2D eigenvalue weighted by atomic mass is 10.1. The van der Waals surface area contributed by atoms with Crippen LogP contribution in [0.2, 0.25) is 5.02 Å². The molecule has 1 saturated heterocycles. The van der Waals surface area contributed by atoms with Gasteiger partial charge >= 0.3 is 6.16 Å². The molecular weight excluding hydrogens is 458 g/mol. The normalized spacial score (nSPS) is 23.2. The molecule has 1 aliphatic heterocycles. The minimum atomic E-state index is -3.72. The maximum absolute atomic E-state index is 12.8. The third kappa shape index (κ3) is 5.77. The number of piperazine rings is 1. The van der Waals surface area contributed by atoms with Gasteiger partial charge in [0.05, 0.1) is 6.54 Å². The van der Waals surface area contributed by atoms with Crippen molar-refractivity contribution in [1.29, 1.82) is 0 Å². The van der Waals surface area contributed by atoms with E-state index in [9.17, 15) is 13.2 Å². The van der Waals surface area contributed by atoms with Crippen LogP contribution in [0.1, 0.15) is 18.4 Å². The number of carbonyl (C=O) groups excluding carboxylic acids is 1. The molecule has 0 spiro atoms. The number of hydrogen-bond acceptors (Lipinski definition) is 4. The smallest absolute Gasteiger partial charge is 0.450 e. The molecule has 172 valence electrons. The molecule has 3 atom stereocenters. The molecule has 3 N–H and O–H groups in total. The van der Waals surface area contributed by atoms with Gasteiger partial charge in [-0.25, -0.2) is 4.79 Å². The highest BCUT2D eigenvalue weighted by molar-refractivity contribution is 7.87. The highest BCUT2D eigenvalue weighted by atomic mass is 35.5. The van der Waals surface area contributed by atoms with Gasteiger partial charge in [0.2, 0.25) is 5.91 Å². The average molecular weight is 482 g/mol. The number of halogens is 1. The zero-order valence-corrected chi connectivity index (χ0v) is 18.8. The molecule has 1 saturated carbocycles. The van der Waals surface area contributed by atoms with Gasteiger partial charge in [0.15, 0.2) is 0 Å². The molecule has 2 aliphatic rings. The summed E-state index contributed by atoms with van der Waals surface area (Å²) in [6.07, 6.45) is -1.83. The summed E-state index contributed by atoms with van der Waals surface area (Å²) in [6, 6.07) is 16.7. The molecule has 4 rings (SSSR count). The first-order valence-electron chi connectivity index (χ1n) is 9.90. The lowest BCUT2D eigenvalue weighted by molar-refractivity contribution is -0.120. The van der Waals surface area contributed by atoms with E-state index in [0.717, 1.165) is 11.3 Å². The molecule has 1 aliphatic carbocycles. The Morgan fingerprint density at radius 2 is 1.66 bits per heavy atom. The first kappa shape index (κ1) is 24.0. The Balaban J connectivity index is 0.000000668. The summed E-state index contributed by atoms with van der Waals surface area (Å²) in [5, 5.41) is 14.5. The summed E-state index contributed by atoms with van der Waals surface area (Å²) < 4.78 is 29.7. The van der Waals surface area contributed by atoms with Crippen molar-refractivity contribution in [1.82, 2.24) is 9.03 Å². The van der Waals surface area contributed by atoms with Gasteiger partial charge in [0.25, 0.3) is 10.2 Å². The average Bonchev–Trinajstić information content (AvgIpc) is 3.36. The Morgan fingerprint density at radius 1 is 1.06 bits per heavy atom. The van der Waals surface area contributed by atoms with Gasteiger partial charge in [0, 0.05) is 35.8 Å². The SMILES string of the molecule is C[C@H]1[C@H](NS(=O)(=O)N2CCN(c3ccc(Cl)cc3)C(=O)C2)[C@H]1c1ccccc1.O=C(O)O. The minimum absolute atomic E-state index is 0.142. The van der Waals surface area contributed by atoms with Crippen LogP contribution < -0.4 is 9.62 Å². The second kappa shape index (κ2) is 9.86. The number of hydrogen-bond donors (Lipinski definition) is 3. The fourth-order valence-electron chi connectivity index (χ4n) is 3.83. The van der Waals surface area contributed by atoms with Gasteiger partial charge < -0.3 is 15.1 Å². The molecule has 2 aromatic rings. The molecule has 0 aromatic heterocycles. The van der Waals surface area contributed by atoms with Crippen molar-refractivity contribution in [3.8, 4) is 0 Å². The number of carboxylic acid groups (broad SMARTS) is 2. The predicted octanol–water partition coefficient (Wildman–Crippen LogP) is 2.85. The number of anilines is 1. The van der Waals surface area contributed by atoms with Crippen molar-refractivity contribution in [3.05, 3.63) is 65.2 Å². The predicted molar refractivity (Wildman–Crippen MR) is 120 cm³/mol. The van der Waals surface area contributed by atoms with E-state index in [0.29, 0.717) is 11.6 Å². The standard InChI is InChI=1S/C20H22ClN3O3S.CH2O3/c1-14-19(15-5-3-2-4-6-15)20(14)22-28(26,27)23-11-12-24(18(25)13-23)17-9-7-16(21)8-10-17;2-1(3)4/h2-10,14,19-20,22H,11-13H2,1H3;(H2,2,3,4)/t14-,19-,20+;/m1./s1. The van der Waals surface area contributed by atoms with Crippen molar-refractivity contribution < 1.29 is 28.2 Å². The zero-order valence-electron chi connectivity index (χ0n) is 17.3. The third-order valence-corrected chi connectivity index (χ3v) is 7.33. The van der Waals surface area contributed by atoms with Crippen LogP contribution in [0, 0.1) is 5.92 Å². The molecule has 0 radical (unpaired) electrons. The van der Waals surface area contributed by atoms with Crippen LogP contribution >= 0.6 is 11.6 Å². The Labute approximate surface area is 191 Å². The monoisotopic (exact) mass is 481 g/mol. The lowest BCUT2D eigenvalue weighted by Gasteiger charge is -2.33. The third-order valence-electron chi connectivity index (χ3n) is 5.51. The Bertz CT molecular complexity index is 1060. The Kier molecular flexibility index (Phi) is 7.40. The maximum atomic E-state index is 12.8. The first-order chi connectivity index (χ1) is 15.1. The van der Waals surface area contributed by atoms with E-state index in [4.69, 9.17) is 26.6 Å². The second-order valence-electron chi connectivity index (χ2n) is 7.58. The van der Waals surface area contributed by atoms with Crippen molar-refractivity contribution in [2.45, 2.75) is 18.9 Å². The number of benzene rings is 2. The fourth-order valence-corrected chi connectivity index (χ4v) is 5.41. The summed E-state index contributed by atoms with van der Waals surface area (Å²) >= 11 is 5.89. The van der Waals surface area contributed by atoms with Crippen molar-refractivity contribution in [2.24, 2.45) is 5.92 Å². The van der Waals surface area contributed by atoms with Crippen molar-refractivity contribution in [2.75, 3.05) is 24.5 Å². The second-order valence-corrected chi connectivity index (χ2v) is 9.72. The molecule has 0 unspecified atom stereocenters. The molecule has 32 heavy (non-hydrogen) atoms. The van der Waals surface area contributed by atoms with Gasteiger partial charge in [-0.05, 0) is 35.7 Å². The van der Waals surface area contributed by atoms with Crippen LogP contribution in [0.3, 0.4) is 0 Å². The Hall–Kier alpha value is -2.66. The number of amides is 1. The number of rotatable bonds is 5. The van der Waals surface area contributed by atoms with Gasteiger partial charge in [-0.2, -0.15) is 17.4 Å². The van der Waals surface area contributed by atoms with Crippen molar-refractivity contribution in [3.63, 3.8) is 0 Å². The van der Waals surface area contributed by atoms with E-state index in [-0.39, 0.29) is 36.9 Å². The van der Waals surface area contributed by atoms with Crippen LogP contribution in [0.4, 0.5) is 10.5 Å². The van der Waals surface area contributed by atoms with Gasteiger partial charge in [0.1, 0.15) is 0 Å². The molecule has 11 heteroatoms. The largest absolute Gasteiger partial charge is 0.503 e. The zero-order chi connectivity index (χ0) is 23.5. The molecule has 1 heterocycles. The van der Waals surface area contributed by atoms with E-state index >= 15 is 0 Å². The molecule has 2 aromatic carbocycles. The van der Waals surface area contributed by atoms with Crippen molar-refractivity contribution >= 4 is 39.6 Å². The summed E-state index contributed by atoms with van der Waals surface area (Å²) in [5.74, 6) is 0.146. The summed E-state index contributed by atoms with van der Waals surface area (Å²) in [6.45, 7) is 2.42. The van der Waals surface area contributed by atoms with Gasteiger partial charge in [-0.15, -0.1) is 0 Å². The van der Waals surface area contributed by atoms with Crippen LogP contribution in [-0.2, 0) is 15.0 Å². The quantitative estimate of drug-likeness (QED) is 0.602. The molecule has 2 fully saturated rings. The molecule has 0 bridgehead atoms. The van der Waals surface area contributed by atoms with Crippen LogP contribution in [-0.4, -0.2) is 60.7 Å². The van der Waals surface area contributed by atoms with Crippen LogP contribution in [0.15, 0.2) is 54.6 Å². The van der Waals surface area contributed by atoms with E-state index in [2.05, 4.69) is 4.72 Å². The van der Waals surface area contributed by atoms with E-state index < -0.39 is 16.4 Å². The van der Waals surface area contributed by atoms with Crippen LogP contribution in [0.5, 0.6) is 0 Å². The highest BCUT2D eigenvalue weighted by Crippen LogP contribution is 2.47. The molecule has 1 amide bonds. The summed E-state index contributed by atoms with van der Waals surface area (Å²) in [5.41, 5.74) is 1.85. The van der Waals surface area contributed by atoms with E-state index in [1.807, 2.05) is 37.3 Å². The topological polar surface area (TPSA) is 127 Å². The number of nitrogens with one attached hydrogen (secondary N) is 1. The van der Waals surface area contributed by atoms with Gasteiger partial charge in [-0.1, -0.05) is 48.9 Å². The van der Waals surface area contributed by atoms with E-state index in [1.54, 1.807) is 29.2 Å². The lowest BCUT2D eigenvalue weighted by Crippen LogP contribution is -2.55. The first-order valence-corrected chi connectivity index (χ1v) is 11.7. The Morgan fingerprint density at radius 3 is 2.22 bits per heavy atom. The summed E-state index contributed by atoms with van der Waals surface area (Å²) in [7, 11) is -3.72. The van der Waals surface area contributed by atoms with Crippen LogP contribution in [0.25, 0.3) is 0 Å². The van der Waals surface area contributed by atoms with Gasteiger partial charge in [-0.3, -0.25) is 4.79 Å². The summed E-state index contributed by atoms with van der Waals surface area (Å²) in [4.78, 5) is 22.7. The van der Waals surface area contributed by atoms with E-state index in [1.165, 1.54) is 4.31 Å². The number of carbonyl (C=O) groups is 2. The molecule has 9 nitrogen and oxygen atoms in total.